The summed E-state index contributed by atoms with van der Waals surface area (Å²) in [5.41, 5.74) is 4.72. The number of hydrogen-bond donors (Lipinski definition) is 2. The monoisotopic (exact) mass is 276 g/mol. The first-order valence-corrected chi connectivity index (χ1v) is 7.96. The maximum absolute atomic E-state index is 11.2. The average molecular weight is 276 g/mol. The average Bonchev–Trinajstić information content (AvgIpc) is 3.10. The molecular formula is C17H28N2O. The third-order valence-electron chi connectivity index (χ3n) is 4.49. The van der Waals surface area contributed by atoms with Crippen LogP contribution in [0.2, 0.25) is 0 Å². The van der Waals surface area contributed by atoms with Crippen LogP contribution < -0.4 is 10.6 Å². The molecule has 3 nitrogen and oxygen atoms in total. The van der Waals surface area contributed by atoms with Crippen molar-refractivity contribution in [3.63, 3.8) is 0 Å². The van der Waals surface area contributed by atoms with Gasteiger partial charge in [-0.2, -0.15) is 0 Å². The van der Waals surface area contributed by atoms with Crippen molar-refractivity contribution in [2.45, 2.75) is 65.5 Å². The predicted molar refractivity (Wildman–Crippen MR) is 83.5 cm³/mol. The Morgan fingerprint density at radius 1 is 1.55 bits per heavy atom. The van der Waals surface area contributed by atoms with Gasteiger partial charge in [-0.05, 0) is 49.8 Å². The van der Waals surface area contributed by atoms with Gasteiger partial charge in [-0.15, -0.1) is 0 Å². The maximum atomic E-state index is 11.2. The SMILES string of the molecule is CCCC/C1=C2\C\C2=C\C(C(C)NC(C)=O)CNC1C. The lowest BCUT2D eigenvalue weighted by Crippen LogP contribution is -2.43. The summed E-state index contributed by atoms with van der Waals surface area (Å²) < 4.78 is 0. The van der Waals surface area contributed by atoms with Crippen molar-refractivity contribution in [3.05, 3.63) is 22.8 Å². The summed E-state index contributed by atoms with van der Waals surface area (Å²) in [6.45, 7) is 9.16. The lowest BCUT2D eigenvalue weighted by atomic mass is 9.95. The Hall–Kier alpha value is -1.09. The van der Waals surface area contributed by atoms with Gasteiger partial charge < -0.3 is 10.6 Å². The smallest absolute Gasteiger partial charge is 0.217 e. The van der Waals surface area contributed by atoms with Gasteiger partial charge in [0.15, 0.2) is 0 Å². The molecule has 0 spiro atoms. The topological polar surface area (TPSA) is 41.1 Å². The molecule has 1 aliphatic carbocycles. The number of hydrogen-bond acceptors (Lipinski definition) is 2. The first-order valence-electron chi connectivity index (χ1n) is 7.96. The molecule has 3 atom stereocenters. The molecule has 20 heavy (non-hydrogen) atoms. The molecule has 1 aliphatic heterocycles. The lowest BCUT2D eigenvalue weighted by molar-refractivity contribution is -0.119. The molecule has 2 N–H and O–H groups in total. The number of rotatable bonds is 5. The molecule has 112 valence electrons. The van der Waals surface area contributed by atoms with Gasteiger partial charge in [0.05, 0.1) is 0 Å². The molecule has 1 amide bonds. The van der Waals surface area contributed by atoms with Gasteiger partial charge in [0.25, 0.3) is 0 Å². The second kappa shape index (κ2) is 6.57. The van der Waals surface area contributed by atoms with E-state index in [0.29, 0.717) is 12.0 Å². The van der Waals surface area contributed by atoms with Gasteiger partial charge in [-0.1, -0.05) is 19.4 Å². The molecule has 0 aromatic carbocycles. The van der Waals surface area contributed by atoms with Crippen molar-refractivity contribution in [2.75, 3.05) is 6.54 Å². The number of allylic oxidation sites excluding steroid dienone is 2. The molecule has 3 unspecified atom stereocenters. The normalized spacial score (nSPS) is 33.3. The van der Waals surface area contributed by atoms with Crippen LogP contribution in [-0.4, -0.2) is 24.5 Å². The summed E-state index contributed by atoms with van der Waals surface area (Å²) >= 11 is 0. The van der Waals surface area contributed by atoms with E-state index >= 15 is 0 Å². The molecule has 0 aromatic heterocycles. The number of fused-ring (bicyclic) bond motifs is 1. The Labute approximate surface area is 122 Å². The largest absolute Gasteiger partial charge is 0.353 e. The van der Waals surface area contributed by atoms with E-state index in [1.807, 2.05) is 0 Å². The Morgan fingerprint density at radius 3 is 2.95 bits per heavy atom. The van der Waals surface area contributed by atoms with E-state index in [1.54, 1.807) is 18.1 Å². The minimum atomic E-state index is 0.0567. The number of unbranched alkanes of at least 4 members (excludes halogenated alkanes) is 1. The van der Waals surface area contributed by atoms with Crippen LogP contribution in [0, 0.1) is 5.92 Å². The van der Waals surface area contributed by atoms with Crippen LogP contribution in [0.1, 0.15) is 53.4 Å². The van der Waals surface area contributed by atoms with Crippen LogP contribution in [0.4, 0.5) is 0 Å². The maximum Gasteiger partial charge on any atom is 0.217 e. The molecule has 0 saturated heterocycles. The summed E-state index contributed by atoms with van der Waals surface area (Å²) in [5, 5.41) is 6.67. The summed E-state index contributed by atoms with van der Waals surface area (Å²) in [6.07, 6.45) is 7.30. The van der Waals surface area contributed by atoms with Gasteiger partial charge in [0.1, 0.15) is 0 Å². The van der Waals surface area contributed by atoms with Crippen LogP contribution in [0.5, 0.6) is 0 Å². The molecule has 3 heteroatoms. The molecule has 0 aromatic rings. The van der Waals surface area contributed by atoms with Crippen LogP contribution in [0.25, 0.3) is 0 Å². The van der Waals surface area contributed by atoms with Crippen molar-refractivity contribution in [1.29, 1.82) is 0 Å². The van der Waals surface area contributed by atoms with E-state index in [2.05, 4.69) is 37.5 Å². The van der Waals surface area contributed by atoms with Gasteiger partial charge in [-0.3, -0.25) is 4.79 Å². The van der Waals surface area contributed by atoms with E-state index in [1.165, 1.54) is 24.8 Å². The molecule has 1 heterocycles. The zero-order valence-corrected chi connectivity index (χ0v) is 13.3. The minimum Gasteiger partial charge on any atom is -0.353 e. The summed E-state index contributed by atoms with van der Waals surface area (Å²) in [4.78, 5) is 11.2. The fourth-order valence-electron chi connectivity index (χ4n) is 3.12. The van der Waals surface area contributed by atoms with Crippen molar-refractivity contribution in [1.82, 2.24) is 10.6 Å². The molecule has 1 fully saturated rings. The van der Waals surface area contributed by atoms with Gasteiger partial charge >= 0.3 is 0 Å². The minimum absolute atomic E-state index is 0.0567. The predicted octanol–water partition coefficient (Wildman–Crippen LogP) is 2.94. The van der Waals surface area contributed by atoms with Gasteiger partial charge in [0, 0.05) is 31.5 Å². The first-order chi connectivity index (χ1) is 9.52. The van der Waals surface area contributed by atoms with E-state index in [9.17, 15) is 4.79 Å². The number of carbonyl (C=O) groups excluding carboxylic acids is 1. The molecule has 2 aliphatic rings. The zero-order valence-electron chi connectivity index (χ0n) is 13.3. The molecule has 2 rings (SSSR count). The van der Waals surface area contributed by atoms with E-state index in [4.69, 9.17) is 0 Å². The summed E-state index contributed by atoms with van der Waals surface area (Å²) in [5.74, 6) is 0.447. The zero-order chi connectivity index (χ0) is 14.7. The van der Waals surface area contributed by atoms with Crippen LogP contribution in [0.3, 0.4) is 0 Å². The highest BCUT2D eigenvalue weighted by Crippen LogP contribution is 2.43. The highest BCUT2D eigenvalue weighted by atomic mass is 16.1. The van der Waals surface area contributed by atoms with Crippen molar-refractivity contribution >= 4 is 5.91 Å². The van der Waals surface area contributed by atoms with Crippen LogP contribution >= 0.6 is 0 Å². The van der Waals surface area contributed by atoms with E-state index < -0.39 is 0 Å². The second-order valence-electron chi connectivity index (χ2n) is 6.26. The molecule has 1 saturated carbocycles. The van der Waals surface area contributed by atoms with Gasteiger partial charge in [0.2, 0.25) is 5.91 Å². The quantitative estimate of drug-likeness (QED) is 0.810. The van der Waals surface area contributed by atoms with Gasteiger partial charge in [-0.25, -0.2) is 0 Å². The third-order valence-corrected chi connectivity index (χ3v) is 4.49. The number of amides is 1. The lowest BCUT2D eigenvalue weighted by Gasteiger charge is -2.26. The Kier molecular flexibility index (Phi) is 5.03. The van der Waals surface area contributed by atoms with E-state index in [-0.39, 0.29) is 11.9 Å². The number of carbonyl (C=O) groups is 1. The fourth-order valence-corrected chi connectivity index (χ4v) is 3.12. The highest BCUT2D eigenvalue weighted by molar-refractivity contribution is 5.73. The van der Waals surface area contributed by atoms with Crippen molar-refractivity contribution < 1.29 is 4.79 Å². The third kappa shape index (κ3) is 3.72. The molecule has 0 radical (unpaired) electrons. The number of nitrogens with one attached hydrogen (secondary N) is 2. The summed E-state index contributed by atoms with van der Waals surface area (Å²) in [6, 6.07) is 0.661. The Bertz CT molecular complexity index is 436. The van der Waals surface area contributed by atoms with Crippen molar-refractivity contribution in [3.8, 4) is 0 Å². The summed E-state index contributed by atoms with van der Waals surface area (Å²) in [7, 11) is 0. The van der Waals surface area contributed by atoms with Crippen molar-refractivity contribution in [2.24, 2.45) is 5.92 Å². The van der Waals surface area contributed by atoms with Crippen LogP contribution in [-0.2, 0) is 4.79 Å². The molecular weight excluding hydrogens is 248 g/mol. The fraction of sp³-hybridized carbons (Fsp3) is 0.706. The highest BCUT2D eigenvalue weighted by Gasteiger charge is 2.31. The second-order valence-corrected chi connectivity index (χ2v) is 6.26. The standard InChI is InChI=1S/C17H28N2O/c1-5-6-7-16-12(3)18-10-15(8-14-9-17(14)16)11(2)19-13(4)20/h8,11-12,15,18H,5-7,9-10H2,1-4H3,(H,19,20)/b14-8-,17-16-. The Balaban J connectivity index is 2.10. The first kappa shape index (κ1) is 15.3. The van der Waals surface area contributed by atoms with E-state index in [0.717, 1.165) is 13.0 Å². The van der Waals surface area contributed by atoms with Crippen LogP contribution in [0.15, 0.2) is 22.8 Å². The Morgan fingerprint density at radius 2 is 2.30 bits per heavy atom. The molecule has 0 bridgehead atoms.